The summed E-state index contributed by atoms with van der Waals surface area (Å²) in [6, 6.07) is 9.26. The molecule has 0 bridgehead atoms. The van der Waals surface area contributed by atoms with Crippen molar-refractivity contribution in [1.82, 2.24) is 0 Å². The number of carbonyl (C=O) groups is 1. The lowest BCUT2D eigenvalue weighted by atomic mass is 10.2. The fourth-order valence-corrected chi connectivity index (χ4v) is 1.20. The lowest BCUT2D eigenvalue weighted by molar-refractivity contribution is -0.137. The zero-order valence-corrected chi connectivity index (χ0v) is 8.43. The average Bonchev–Trinajstić information content (AvgIpc) is 2.25. The summed E-state index contributed by atoms with van der Waals surface area (Å²) in [5.41, 5.74) is 5.49. The molecule has 3 N–H and O–H groups in total. The van der Waals surface area contributed by atoms with Gasteiger partial charge in [0, 0.05) is 13.0 Å². The standard InChI is InChI=1S/C11H15NO3/c12-8-10(6-7-11(13)14)15-9-4-2-1-3-5-9/h1-5,10H,6-8,12H2,(H,13,14). The molecule has 0 fully saturated rings. The van der Waals surface area contributed by atoms with Gasteiger partial charge in [-0.2, -0.15) is 0 Å². The molecule has 1 rings (SSSR count). The van der Waals surface area contributed by atoms with Gasteiger partial charge in [-0.3, -0.25) is 4.79 Å². The number of ether oxygens (including phenoxy) is 1. The fourth-order valence-electron chi connectivity index (χ4n) is 1.20. The summed E-state index contributed by atoms with van der Waals surface area (Å²) < 4.78 is 5.53. The first kappa shape index (κ1) is 11.5. The summed E-state index contributed by atoms with van der Waals surface area (Å²) in [4.78, 5) is 10.4. The van der Waals surface area contributed by atoms with Crippen LogP contribution in [0.25, 0.3) is 0 Å². The topological polar surface area (TPSA) is 72.6 Å². The highest BCUT2D eigenvalue weighted by molar-refractivity contribution is 5.66. The number of para-hydroxylation sites is 1. The third-order valence-electron chi connectivity index (χ3n) is 1.99. The van der Waals surface area contributed by atoms with E-state index in [9.17, 15) is 4.79 Å². The Bertz CT molecular complexity index is 300. The minimum absolute atomic E-state index is 0.0781. The first-order valence-corrected chi connectivity index (χ1v) is 4.86. The van der Waals surface area contributed by atoms with Crippen LogP contribution in [0.1, 0.15) is 12.8 Å². The van der Waals surface area contributed by atoms with Crippen LogP contribution < -0.4 is 10.5 Å². The van der Waals surface area contributed by atoms with Gasteiger partial charge in [-0.15, -0.1) is 0 Å². The Kier molecular flexibility index (Phi) is 4.63. The number of hydrogen-bond acceptors (Lipinski definition) is 3. The zero-order chi connectivity index (χ0) is 11.1. The second-order valence-electron chi connectivity index (χ2n) is 3.22. The summed E-state index contributed by atoms with van der Waals surface area (Å²) in [7, 11) is 0. The molecule has 15 heavy (non-hydrogen) atoms. The van der Waals surface area contributed by atoms with Gasteiger partial charge in [0.1, 0.15) is 11.9 Å². The van der Waals surface area contributed by atoms with Crippen molar-refractivity contribution in [3.63, 3.8) is 0 Å². The highest BCUT2D eigenvalue weighted by Crippen LogP contribution is 2.12. The van der Waals surface area contributed by atoms with Crippen molar-refractivity contribution in [2.24, 2.45) is 5.73 Å². The van der Waals surface area contributed by atoms with Crippen LogP contribution in [0.4, 0.5) is 0 Å². The van der Waals surface area contributed by atoms with Gasteiger partial charge in [-0.05, 0) is 18.6 Å². The molecule has 0 heterocycles. The van der Waals surface area contributed by atoms with Crippen molar-refractivity contribution in [3.05, 3.63) is 30.3 Å². The van der Waals surface area contributed by atoms with Gasteiger partial charge in [-0.25, -0.2) is 0 Å². The van der Waals surface area contributed by atoms with E-state index < -0.39 is 5.97 Å². The van der Waals surface area contributed by atoms with E-state index in [1.165, 1.54) is 0 Å². The Morgan fingerprint density at radius 3 is 2.60 bits per heavy atom. The largest absolute Gasteiger partial charge is 0.489 e. The molecule has 0 aromatic heterocycles. The number of benzene rings is 1. The fraction of sp³-hybridized carbons (Fsp3) is 0.364. The SMILES string of the molecule is NCC(CCC(=O)O)Oc1ccccc1. The second-order valence-corrected chi connectivity index (χ2v) is 3.22. The predicted molar refractivity (Wildman–Crippen MR) is 56.8 cm³/mol. The maximum atomic E-state index is 10.4. The maximum absolute atomic E-state index is 10.4. The van der Waals surface area contributed by atoms with Crippen molar-refractivity contribution < 1.29 is 14.6 Å². The molecule has 0 aliphatic heterocycles. The molecule has 0 amide bonds. The monoisotopic (exact) mass is 209 g/mol. The summed E-state index contributed by atoms with van der Waals surface area (Å²) in [6.07, 6.45) is 0.276. The van der Waals surface area contributed by atoms with Crippen LogP contribution in [0.15, 0.2) is 30.3 Å². The molecule has 4 nitrogen and oxygen atoms in total. The molecule has 0 radical (unpaired) electrons. The lowest BCUT2D eigenvalue weighted by Crippen LogP contribution is -2.27. The second kappa shape index (κ2) is 6.03. The molecule has 1 aromatic rings. The number of carboxylic acid groups (broad SMARTS) is 1. The zero-order valence-electron chi connectivity index (χ0n) is 8.43. The van der Waals surface area contributed by atoms with Crippen LogP contribution in [0.2, 0.25) is 0 Å². The predicted octanol–water partition coefficient (Wildman–Crippen LogP) is 1.26. The van der Waals surface area contributed by atoms with Gasteiger partial charge in [-0.1, -0.05) is 18.2 Å². The van der Waals surface area contributed by atoms with Gasteiger partial charge >= 0.3 is 5.97 Å². The van der Waals surface area contributed by atoms with E-state index in [1.54, 1.807) is 0 Å². The highest BCUT2D eigenvalue weighted by Gasteiger charge is 2.10. The number of rotatable bonds is 6. The minimum Gasteiger partial charge on any atom is -0.489 e. The Morgan fingerprint density at radius 2 is 2.07 bits per heavy atom. The van der Waals surface area contributed by atoms with Crippen LogP contribution in [-0.4, -0.2) is 23.7 Å². The Hall–Kier alpha value is -1.55. The van der Waals surface area contributed by atoms with Gasteiger partial charge in [0.15, 0.2) is 0 Å². The number of hydrogen-bond donors (Lipinski definition) is 2. The van der Waals surface area contributed by atoms with Gasteiger partial charge in [0.05, 0.1) is 0 Å². The molecule has 1 atom stereocenters. The Labute approximate surface area is 88.7 Å². The first-order valence-electron chi connectivity index (χ1n) is 4.86. The molecule has 4 heteroatoms. The van der Waals surface area contributed by atoms with Crippen molar-refractivity contribution in [1.29, 1.82) is 0 Å². The summed E-state index contributed by atoms with van der Waals surface area (Å²) in [5.74, 6) is -0.108. The van der Waals surface area contributed by atoms with Crippen LogP contribution in [0, 0.1) is 0 Å². The molecule has 82 valence electrons. The first-order chi connectivity index (χ1) is 7.22. The van der Waals surface area contributed by atoms with Crippen molar-refractivity contribution in [2.45, 2.75) is 18.9 Å². The molecule has 0 spiro atoms. The molecule has 1 aromatic carbocycles. The molecule has 0 aliphatic rings. The maximum Gasteiger partial charge on any atom is 0.303 e. The van der Waals surface area contributed by atoms with Gasteiger partial charge < -0.3 is 15.6 Å². The normalized spacial score (nSPS) is 12.1. The van der Waals surface area contributed by atoms with E-state index in [0.29, 0.717) is 13.0 Å². The van der Waals surface area contributed by atoms with Crippen molar-refractivity contribution in [2.75, 3.05) is 6.54 Å². The smallest absolute Gasteiger partial charge is 0.303 e. The van der Waals surface area contributed by atoms with E-state index in [1.807, 2.05) is 30.3 Å². The van der Waals surface area contributed by atoms with Gasteiger partial charge in [0.25, 0.3) is 0 Å². The van der Waals surface area contributed by atoms with E-state index in [4.69, 9.17) is 15.6 Å². The quantitative estimate of drug-likeness (QED) is 0.739. The Morgan fingerprint density at radius 1 is 1.40 bits per heavy atom. The number of carboxylic acids is 1. The summed E-state index contributed by atoms with van der Waals surface area (Å²) in [6.45, 7) is 0.322. The minimum atomic E-state index is -0.829. The molecule has 0 aliphatic carbocycles. The molecular weight excluding hydrogens is 194 g/mol. The highest BCUT2D eigenvalue weighted by atomic mass is 16.5. The van der Waals surface area contributed by atoms with Crippen molar-refractivity contribution in [3.8, 4) is 5.75 Å². The summed E-state index contributed by atoms with van der Waals surface area (Å²) >= 11 is 0. The molecular formula is C11H15NO3. The number of aliphatic carboxylic acids is 1. The summed E-state index contributed by atoms with van der Waals surface area (Å²) in [5, 5.41) is 8.53. The van der Waals surface area contributed by atoms with E-state index in [0.717, 1.165) is 5.75 Å². The number of nitrogens with two attached hydrogens (primary N) is 1. The third-order valence-corrected chi connectivity index (χ3v) is 1.99. The molecule has 1 unspecified atom stereocenters. The third kappa shape index (κ3) is 4.46. The lowest BCUT2D eigenvalue weighted by Gasteiger charge is -2.16. The molecule has 0 saturated carbocycles. The van der Waals surface area contributed by atoms with E-state index in [-0.39, 0.29) is 12.5 Å². The van der Waals surface area contributed by atoms with E-state index in [2.05, 4.69) is 0 Å². The van der Waals surface area contributed by atoms with Crippen molar-refractivity contribution >= 4 is 5.97 Å². The van der Waals surface area contributed by atoms with Gasteiger partial charge in [0.2, 0.25) is 0 Å². The Balaban J connectivity index is 2.43. The van der Waals surface area contributed by atoms with E-state index >= 15 is 0 Å². The average molecular weight is 209 g/mol. The molecule has 0 saturated heterocycles. The van der Waals surface area contributed by atoms with Crippen LogP contribution in [0.3, 0.4) is 0 Å². The van der Waals surface area contributed by atoms with Crippen LogP contribution >= 0.6 is 0 Å². The van der Waals surface area contributed by atoms with Crippen LogP contribution in [-0.2, 0) is 4.79 Å². The van der Waals surface area contributed by atoms with Crippen LogP contribution in [0.5, 0.6) is 5.75 Å².